The van der Waals surface area contributed by atoms with Gasteiger partial charge in [-0.25, -0.2) is 0 Å². The van der Waals surface area contributed by atoms with Gasteiger partial charge in [-0.3, -0.25) is 9.59 Å². The molecule has 0 fully saturated rings. The number of ether oxygens (including phenoxy) is 1. The number of ketones is 1. The molecule has 0 bridgehead atoms. The van der Waals surface area contributed by atoms with Gasteiger partial charge in [0.15, 0.2) is 5.78 Å². The third-order valence-corrected chi connectivity index (χ3v) is 8.66. The molecule has 5 heteroatoms. The molecule has 6 aromatic rings. The highest BCUT2D eigenvalue weighted by Crippen LogP contribution is 2.33. The molecular weight excluding hydrogens is 544 g/mol. The molecule has 44 heavy (non-hydrogen) atoms. The van der Waals surface area contributed by atoms with Crippen LogP contribution in [0.25, 0.3) is 38.7 Å². The number of fused-ring (bicyclic) bond motifs is 5. The standard InChI is InChI=1S/C39H32N2O3/c1-25(40)27-15-17-36-33(22-27)34-23-30(39(43)26-9-3-2-4-10-26)16-18-37(34)41(36)20-19-38(42)44-24-35-31-13-7-5-11-28(31)21-29-12-6-8-14-32(29)35/h2-5,7-11,13-18,21-23,40H,6,12,19-20,24H2,1H3. The van der Waals surface area contributed by atoms with Gasteiger partial charge in [0.2, 0.25) is 0 Å². The van der Waals surface area contributed by atoms with Crippen LogP contribution >= 0.6 is 0 Å². The fourth-order valence-corrected chi connectivity index (χ4v) is 6.42. The molecule has 5 aromatic carbocycles. The Labute approximate surface area is 255 Å². The van der Waals surface area contributed by atoms with E-state index in [1.165, 1.54) is 16.5 Å². The van der Waals surface area contributed by atoms with E-state index in [-0.39, 0.29) is 24.8 Å². The fraction of sp³-hybridized carbons (Fsp3) is 0.154. The normalized spacial score (nSPS) is 12.5. The zero-order valence-corrected chi connectivity index (χ0v) is 24.6. The maximum atomic E-state index is 13.3. The molecule has 0 saturated carbocycles. The third-order valence-electron chi connectivity index (χ3n) is 8.66. The van der Waals surface area contributed by atoms with Crippen LogP contribution in [0.15, 0.2) is 103 Å². The van der Waals surface area contributed by atoms with Crippen LogP contribution in [-0.4, -0.2) is 22.0 Å². The van der Waals surface area contributed by atoms with Crippen molar-refractivity contribution in [3.05, 3.63) is 137 Å². The highest BCUT2D eigenvalue weighted by Gasteiger charge is 2.18. The summed E-state index contributed by atoms with van der Waals surface area (Å²) in [5, 5.41) is 12.3. The van der Waals surface area contributed by atoms with Gasteiger partial charge in [0.25, 0.3) is 0 Å². The van der Waals surface area contributed by atoms with E-state index >= 15 is 0 Å². The second kappa shape index (κ2) is 11.4. The first kappa shape index (κ1) is 27.5. The molecule has 216 valence electrons. The van der Waals surface area contributed by atoms with Gasteiger partial charge in [-0.05, 0) is 77.6 Å². The van der Waals surface area contributed by atoms with E-state index in [0.717, 1.165) is 51.2 Å². The van der Waals surface area contributed by atoms with Gasteiger partial charge in [-0.15, -0.1) is 0 Å². The molecule has 1 aromatic heterocycles. The molecule has 0 saturated heterocycles. The number of aryl methyl sites for hydroxylation is 2. The number of aromatic nitrogens is 1. The molecule has 0 unspecified atom stereocenters. The van der Waals surface area contributed by atoms with E-state index in [4.69, 9.17) is 10.1 Å². The summed E-state index contributed by atoms with van der Waals surface area (Å²) >= 11 is 0. The van der Waals surface area contributed by atoms with Crippen molar-refractivity contribution >= 4 is 56.1 Å². The maximum absolute atomic E-state index is 13.3. The van der Waals surface area contributed by atoms with Crippen LogP contribution in [0.3, 0.4) is 0 Å². The summed E-state index contributed by atoms with van der Waals surface area (Å²) in [5.41, 5.74) is 7.95. The minimum absolute atomic E-state index is 0.0400. The van der Waals surface area contributed by atoms with Crippen molar-refractivity contribution in [2.75, 3.05) is 0 Å². The van der Waals surface area contributed by atoms with Crippen molar-refractivity contribution in [1.82, 2.24) is 4.57 Å². The molecule has 7 rings (SSSR count). The summed E-state index contributed by atoms with van der Waals surface area (Å²) in [4.78, 5) is 26.5. The van der Waals surface area contributed by atoms with Gasteiger partial charge in [-0.2, -0.15) is 0 Å². The number of esters is 1. The molecule has 0 aliphatic heterocycles. The van der Waals surface area contributed by atoms with Crippen LogP contribution in [-0.2, 0) is 29.1 Å². The van der Waals surface area contributed by atoms with Crippen molar-refractivity contribution in [1.29, 1.82) is 5.41 Å². The molecule has 1 heterocycles. The van der Waals surface area contributed by atoms with Crippen LogP contribution in [0.2, 0.25) is 0 Å². The van der Waals surface area contributed by atoms with Crippen molar-refractivity contribution in [2.24, 2.45) is 0 Å². The Morgan fingerprint density at radius 1 is 0.795 bits per heavy atom. The number of nitrogens with one attached hydrogen (secondary N) is 1. The molecule has 0 spiro atoms. The van der Waals surface area contributed by atoms with Crippen LogP contribution in [0, 0.1) is 5.41 Å². The summed E-state index contributed by atoms with van der Waals surface area (Å²) in [5.74, 6) is -0.300. The van der Waals surface area contributed by atoms with Crippen molar-refractivity contribution in [3.8, 4) is 0 Å². The van der Waals surface area contributed by atoms with E-state index in [0.29, 0.717) is 23.4 Å². The highest BCUT2D eigenvalue weighted by atomic mass is 16.5. The number of nitrogens with zero attached hydrogens (tertiary/aromatic N) is 1. The maximum Gasteiger partial charge on any atom is 0.307 e. The minimum atomic E-state index is -0.260. The van der Waals surface area contributed by atoms with Crippen LogP contribution < -0.4 is 0 Å². The summed E-state index contributed by atoms with van der Waals surface area (Å²) in [6, 6.07) is 31.5. The monoisotopic (exact) mass is 576 g/mol. The van der Waals surface area contributed by atoms with Crippen LogP contribution in [0.4, 0.5) is 0 Å². The number of hydrogen-bond acceptors (Lipinski definition) is 4. The van der Waals surface area contributed by atoms with Gasteiger partial charge in [0.05, 0.1) is 6.42 Å². The average molecular weight is 577 g/mol. The number of benzene rings is 5. The topological polar surface area (TPSA) is 72.2 Å². The molecule has 1 aliphatic carbocycles. The quantitative estimate of drug-likeness (QED) is 0.112. The Hall–Kier alpha value is -5.29. The van der Waals surface area contributed by atoms with Gasteiger partial charge >= 0.3 is 5.97 Å². The Morgan fingerprint density at radius 2 is 1.50 bits per heavy atom. The third kappa shape index (κ3) is 5.01. The van der Waals surface area contributed by atoms with Gasteiger partial charge in [0, 0.05) is 50.8 Å². The Bertz CT molecular complexity index is 2140. The summed E-state index contributed by atoms with van der Waals surface area (Å²) in [7, 11) is 0. The zero-order chi connectivity index (χ0) is 30.2. The first-order valence-corrected chi connectivity index (χ1v) is 15.0. The molecule has 0 radical (unpaired) electrons. The summed E-state index contributed by atoms with van der Waals surface area (Å²) < 4.78 is 8.04. The van der Waals surface area contributed by atoms with E-state index < -0.39 is 0 Å². The van der Waals surface area contributed by atoms with Gasteiger partial charge in [-0.1, -0.05) is 78.9 Å². The fourth-order valence-electron chi connectivity index (χ4n) is 6.42. The smallest absolute Gasteiger partial charge is 0.307 e. The lowest BCUT2D eigenvalue weighted by Gasteiger charge is -2.18. The van der Waals surface area contributed by atoms with Crippen molar-refractivity contribution in [3.63, 3.8) is 0 Å². The van der Waals surface area contributed by atoms with E-state index in [2.05, 4.69) is 34.9 Å². The largest absolute Gasteiger partial charge is 0.461 e. The number of carbonyl (C=O) groups excluding carboxylic acids is 2. The lowest BCUT2D eigenvalue weighted by Crippen LogP contribution is -2.11. The second-order valence-corrected chi connectivity index (χ2v) is 11.4. The SMILES string of the molecule is CC(=N)c1ccc2c(c1)c1cc(C(=O)c3ccccc3)ccc1n2CCC(=O)OCc1c2c(cc3ccccc13)CCC=C2. The number of allylic oxidation sites excluding steroid dienone is 1. The second-order valence-electron chi connectivity index (χ2n) is 11.4. The molecule has 5 nitrogen and oxygen atoms in total. The Balaban J connectivity index is 1.18. The highest BCUT2D eigenvalue weighted by molar-refractivity contribution is 6.15. The number of rotatable bonds is 8. The zero-order valence-electron chi connectivity index (χ0n) is 24.6. The summed E-state index contributed by atoms with van der Waals surface area (Å²) in [6.45, 7) is 2.43. The molecule has 1 N–H and O–H groups in total. The van der Waals surface area contributed by atoms with Gasteiger partial charge in [0.1, 0.15) is 6.61 Å². The number of hydrogen-bond donors (Lipinski definition) is 1. The minimum Gasteiger partial charge on any atom is -0.461 e. The average Bonchev–Trinajstić information content (AvgIpc) is 3.37. The lowest BCUT2D eigenvalue weighted by molar-refractivity contribution is -0.145. The van der Waals surface area contributed by atoms with Crippen LogP contribution in [0.1, 0.15) is 57.9 Å². The Kier molecular flexibility index (Phi) is 7.15. The molecule has 0 atom stereocenters. The van der Waals surface area contributed by atoms with E-state index in [1.807, 2.05) is 78.9 Å². The molecule has 0 amide bonds. The van der Waals surface area contributed by atoms with E-state index in [9.17, 15) is 9.59 Å². The van der Waals surface area contributed by atoms with Gasteiger partial charge < -0.3 is 14.7 Å². The van der Waals surface area contributed by atoms with Crippen molar-refractivity contribution < 1.29 is 14.3 Å². The molecular formula is C39H32N2O3. The first-order chi connectivity index (χ1) is 21.5. The predicted octanol–water partition coefficient (Wildman–Crippen LogP) is 8.66. The number of carbonyl (C=O) groups is 2. The lowest BCUT2D eigenvalue weighted by atomic mass is 9.89. The van der Waals surface area contributed by atoms with Crippen molar-refractivity contribution in [2.45, 2.75) is 39.3 Å². The summed E-state index contributed by atoms with van der Waals surface area (Å²) in [6.07, 6.45) is 6.57. The first-order valence-electron chi connectivity index (χ1n) is 15.0. The Morgan fingerprint density at radius 3 is 2.27 bits per heavy atom. The predicted molar refractivity (Wildman–Crippen MR) is 178 cm³/mol. The van der Waals surface area contributed by atoms with Crippen LogP contribution in [0.5, 0.6) is 0 Å². The van der Waals surface area contributed by atoms with E-state index in [1.54, 1.807) is 6.92 Å². The molecule has 1 aliphatic rings.